The van der Waals surface area contributed by atoms with Gasteiger partial charge in [0.2, 0.25) is 7.59 Å². The topological polar surface area (TPSA) is 154 Å². The molecule has 1 fully saturated rings. The minimum atomic E-state index is -2.30. The fourth-order valence-corrected chi connectivity index (χ4v) is 5.13. The Morgan fingerprint density at radius 2 is 1.49 bits per heavy atom. The lowest BCUT2D eigenvalue weighted by Crippen LogP contribution is -2.65. The molecule has 12 nitrogen and oxygen atoms in total. The summed E-state index contributed by atoms with van der Waals surface area (Å²) in [5.41, 5.74) is 0.876. The number of aliphatic hydroxyl groups is 2. The zero-order valence-corrected chi connectivity index (χ0v) is 32.1. The lowest BCUT2D eigenvalue weighted by Gasteiger charge is -2.44. The van der Waals surface area contributed by atoms with Crippen LogP contribution in [0.25, 0.3) is 0 Å². The second-order valence-corrected chi connectivity index (χ2v) is 22.2. The summed E-state index contributed by atoms with van der Waals surface area (Å²) in [6.45, 7) is 8.81. The maximum Gasteiger partial charge on any atom is 0.407 e. The molecule has 0 saturated carbocycles. The van der Waals surface area contributed by atoms with Crippen molar-refractivity contribution in [3.05, 3.63) is 35.9 Å². The number of hydrogen-bond acceptors (Lipinski definition) is 10. The maximum atomic E-state index is 12.6. The molecular formula is C28H42Cl6N2O10Si. The third-order valence-electron chi connectivity index (χ3n) is 7.35. The lowest BCUT2D eigenvalue weighted by molar-refractivity contribution is -0.270. The largest absolute Gasteiger partial charge is 0.445 e. The number of amides is 2. The maximum absolute atomic E-state index is 12.6. The molecule has 1 aromatic rings. The van der Waals surface area contributed by atoms with Crippen LogP contribution >= 0.6 is 69.6 Å². The van der Waals surface area contributed by atoms with Gasteiger partial charge in [0, 0.05) is 0 Å². The first-order valence-corrected chi connectivity index (χ1v) is 19.6. The molecule has 1 unspecified atom stereocenters. The Morgan fingerprint density at radius 3 is 2.04 bits per heavy atom. The van der Waals surface area contributed by atoms with Crippen molar-refractivity contribution in [2.45, 2.75) is 89.8 Å². The molecule has 47 heavy (non-hydrogen) atoms. The highest BCUT2D eigenvalue weighted by atomic mass is 35.6. The Balaban J connectivity index is 2.23. The van der Waals surface area contributed by atoms with Crippen LogP contribution in [0.15, 0.2) is 30.3 Å². The van der Waals surface area contributed by atoms with Crippen LogP contribution in [0.2, 0.25) is 18.1 Å². The molecular weight excluding hydrogens is 765 g/mol. The minimum Gasteiger partial charge on any atom is -0.445 e. The highest BCUT2D eigenvalue weighted by Crippen LogP contribution is 2.37. The molecule has 2 amide bonds. The molecule has 6 atom stereocenters. The van der Waals surface area contributed by atoms with E-state index in [9.17, 15) is 19.8 Å². The summed E-state index contributed by atoms with van der Waals surface area (Å²) in [4.78, 5) is 25.1. The van der Waals surface area contributed by atoms with E-state index < -0.39 is 78.0 Å². The van der Waals surface area contributed by atoms with Crippen LogP contribution in [0.5, 0.6) is 0 Å². The Hall–Kier alpha value is -0.523. The van der Waals surface area contributed by atoms with Crippen molar-refractivity contribution in [2.24, 2.45) is 0 Å². The molecule has 1 saturated heterocycles. The number of aliphatic hydroxyl groups excluding tert-OH is 2. The average molecular weight is 807 g/mol. The quantitative estimate of drug-likeness (QED) is 0.138. The smallest absolute Gasteiger partial charge is 0.407 e. The molecule has 270 valence electrons. The van der Waals surface area contributed by atoms with E-state index in [1.54, 1.807) is 0 Å². The van der Waals surface area contributed by atoms with Gasteiger partial charge in [-0.3, -0.25) is 0 Å². The molecule has 1 aliphatic heterocycles. The second-order valence-electron chi connectivity index (χ2n) is 12.3. The van der Waals surface area contributed by atoms with E-state index >= 15 is 0 Å². The van der Waals surface area contributed by atoms with E-state index in [1.165, 1.54) is 0 Å². The Kier molecular flexibility index (Phi) is 16.9. The number of halogens is 6. The summed E-state index contributed by atoms with van der Waals surface area (Å²) in [5.74, 6) is 0. The van der Waals surface area contributed by atoms with Gasteiger partial charge in [0.15, 0.2) is 14.6 Å². The molecule has 0 spiro atoms. The fraction of sp³-hybridized carbons (Fsp3) is 0.714. The van der Waals surface area contributed by atoms with Crippen LogP contribution in [-0.2, 0) is 34.7 Å². The second kappa shape index (κ2) is 18.6. The number of alkyl carbamates (subject to hydrolysis) is 2. The number of benzene rings is 1. The minimum absolute atomic E-state index is 0.0725. The van der Waals surface area contributed by atoms with E-state index in [2.05, 4.69) is 10.6 Å². The average Bonchev–Trinajstić information content (AvgIpc) is 2.95. The number of hydrogen-bond donors (Lipinski definition) is 4. The van der Waals surface area contributed by atoms with Crippen LogP contribution < -0.4 is 10.6 Å². The predicted octanol–water partition coefficient (Wildman–Crippen LogP) is 5.62. The first-order chi connectivity index (χ1) is 21.6. The Morgan fingerprint density at radius 1 is 0.915 bits per heavy atom. The van der Waals surface area contributed by atoms with E-state index in [0.29, 0.717) is 0 Å². The van der Waals surface area contributed by atoms with Gasteiger partial charge in [-0.05, 0) is 23.7 Å². The van der Waals surface area contributed by atoms with Gasteiger partial charge in [0.25, 0.3) is 0 Å². The summed E-state index contributed by atoms with van der Waals surface area (Å²) in [7, 11) is -2.30. The highest BCUT2D eigenvalue weighted by Gasteiger charge is 2.48. The molecule has 0 aliphatic carbocycles. The monoisotopic (exact) mass is 804 g/mol. The third kappa shape index (κ3) is 15.9. The van der Waals surface area contributed by atoms with Crippen molar-refractivity contribution in [3.8, 4) is 0 Å². The van der Waals surface area contributed by atoms with E-state index in [4.69, 9.17) is 97.7 Å². The van der Waals surface area contributed by atoms with Crippen molar-refractivity contribution >= 4 is 90.1 Å². The van der Waals surface area contributed by atoms with Gasteiger partial charge in [0.05, 0.1) is 32.5 Å². The van der Waals surface area contributed by atoms with E-state index in [-0.39, 0.29) is 31.5 Å². The molecule has 1 aliphatic rings. The number of nitrogens with one attached hydrogen (secondary N) is 2. The van der Waals surface area contributed by atoms with Gasteiger partial charge < -0.3 is 49.0 Å². The van der Waals surface area contributed by atoms with Crippen LogP contribution in [0.1, 0.15) is 26.3 Å². The van der Waals surface area contributed by atoms with Gasteiger partial charge in [-0.2, -0.15) is 0 Å². The summed E-state index contributed by atoms with van der Waals surface area (Å²) < 4.78 is 30.2. The summed E-state index contributed by atoms with van der Waals surface area (Å²) in [5, 5.41) is 26.9. The fourth-order valence-electron chi connectivity index (χ4n) is 3.79. The Labute approximate surface area is 305 Å². The van der Waals surface area contributed by atoms with Gasteiger partial charge in [0.1, 0.15) is 37.6 Å². The molecule has 4 N–H and O–H groups in total. The number of ether oxygens (including phenoxy) is 5. The van der Waals surface area contributed by atoms with Gasteiger partial charge in [-0.1, -0.05) is 121 Å². The normalized spacial score (nSPS) is 23.1. The highest BCUT2D eigenvalue weighted by molar-refractivity contribution is 6.74. The van der Waals surface area contributed by atoms with Crippen LogP contribution in [0.4, 0.5) is 9.59 Å². The van der Waals surface area contributed by atoms with Crippen molar-refractivity contribution < 1.29 is 47.9 Å². The van der Waals surface area contributed by atoms with Gasteiger partial charge >= 0.3 is 12.2 Å². The summed E-state index contributed by atoms with van der Waals surface area (Å²) in [6.07, 6.45) is -7.59. The zero-order valence-electron chi connectivity index (χ0n) is 26.5. The predicted molar refractivity (Wildman–Crippen MR) is 183 cm³/mol. The summed E-state index contributed by atoms with van der Waals surface area (Å²) >= 11 is 34.1. The van der Waals surface area contributed by atoms with Gasteiger partial charge in [-0.25, -0.2) is 9.59 Å². The molecule has 2 rings (SSSR count). The number of carbonyl (C=O) groups is 2. The first kappa shape index (κ1) is 42.6. The summed E-state index contributed by atoms with van der Waals surface area (Å²) in [6, 6.07) is 7.04. The van der Waals surface area contributed by atoms with Crippen molar-refractivity contribution in [1.82, 2.24) is 10.6 Å². The van der Waals surface area contributed by atoms with Crippen LogP contribution in [0, 0.1) is 0 Å². The molecule has 0 radical (unpaired) electrons. The molecule has 1 heterocycles. The molecule has 1 aromatic carbocycles. The SMILES string of the molecule is CC(C)(C)[Si](C)(C)OC[C@H]1OC(OC[C@@H](COCc2ccccc2)NC(=O)OCC(Cl)(Cl)Cl)[C@H](NC(=O)OCC(Cl)(Cl)Cl)[C@@H](O)[C@@H]1O. The van der Waals surface area contributed by atoms with Crippen molar-refractivity contribution in [2.75, 3.05) is 33.0 Å². The standard InChI is InChI=1S/C28H42Cl6N2O10Si/c1-26(2,3)47(4,5)45-14-19-21(37)22(38)20(36-25(40)44-16-28(32,33)34)23(46-19)42-13-18(35-24(39)43-15-27(29,30)31)12-41-11-17-9-7-6-8-10-17/h6-10,18-23,37-38H,11-16H2,1-5H3,(H,35,39)(H,36,40)/t18-,19-,20-,21-,22-,23?/m1/s1. The molecule has 19 heteroatoms. The van der Waals surface area contributed by atoms with Crippen LogP contribution in [0.3, 0.4) is 0 Å². The van der Waals surface area contributed by atoms with Crippen molar-refractivity contribution in [1.29, 1.82) is 0 Å². The first-order valence-electron chi connectivity index (χ1n) is 14.5. The van der Waals surface area contributed by atoms with Crippen molar-refractivity contribution in [3.63, 3.8) is 0 Å². The lowest BCUT2D eigenvalue weighted by atomic mass is 9.97. The zero-order chi connectivity index (χ0) is 35.6. The van der Waals surface area contributed by atoms with Crippen LogP contribution in [-0.4, -0.2) is 108 Å². The number of alkyl halides is 6. The van der Waals surface area contributed by atoms with E-state index in [1.807, 2.05) is 64.2 Å². The Bertz CT molecular complexity index is 1120. The number of carbonyl (C=O) groups excluding carboxylic acids is 2. The van der Waals surface area contributed by atoms with E-state index in [0.717, 1.165) is 5.56 Å². The molecule has 0 bridgehead atoms. The number of rotatable bonds is 14. The van der Waals surface area contributed by atoms with Gasteiger partial charge in [-0.15, -0.1) is 0 Å². The molecule has 0 aromatic heterocycles. The third-order valence-corrected chi connectivity index (χ3v) is 12.5.